The molecule has 1 atom stereocenters. The Morgan fingerprint density at radius 1 is 1.00 bits per heavy atom. The number of benzene rings is 2. The van der Waals surface area contributed by atoms with E-state index in [0.717, 1.165) is 47.2 Å². The molecule has 1 aliphatic carbocycles. The van der Waals surface area contributed by atoms with Gasteiger partial charge in [0.15, 0.2) is 0 Å². The van der Waals surface area contributed by atoms with Gasteiger partial charge in [0.2, 0.25) is 11.8 Å². The normalized spacial score (nSPS) is 18.2. The average Bonchev–Trinajstić information content (AvgIpc) is 3.54. The third kappa shape index (κ3) is 5.17. The molecule has 2 N–H and O–H groups in total. The summed E-state index contributed by atoms with van der Waals surface area (Å²) in [6.07, 6.45) is 3.33. The minimum absolute atomic E-state index is 0.0745. The number of pyridine rings is 2. The molecule has 2 aliphatic heterocycles. The van der Waals surface area contributed by atoms with Gasteiger partial charge < -0.3 is 20.1 Å². The number of ether oxygens (including phenoxy) is 2. The molecule has 5 aromatic rings. The molecule has 1 spiro atoms. The van der Waals surface area contributed by atoms with Gasteiger partial charge in [-0.05, 0) is 36.6 Å². The van der Waals surface area contributed by atoms with E-state index in [2.05, 4.69) is 26.6 Å². The Bertz CT molecular complexity index is 2340. The predicted molar refractivity (Wildman–Crippen MR) is 192 cm³/mol. The quantitative estimate of drug-likeness (QED) is 0.259. The summed E-state index contributed by atoms with van der Waals surface area (Å²) >= 11 is 14.2. The van der Waals surface area contributed by atoms with Crippen molar-refractivity contribution in [1.82, 2.24) is 29.3 Å². The summed E-state index contributed by atoms with van der Waals surface area (Å²) in [6.45, 7) is 2.09. The van der Waals surface area contributed by atoms with Crippen molar-refractivity contribution < 1.29 is 14.3 Å². The van der Waals surface area contributed by atoms with E-state index in [9.17, 15) is 14.4 Å². The maximum Gasteiger partial charge on any atom is 0.330 e. The molecule has 0 bridgehead atoms. The summed E-state index contributed by atoms with van der Waals surface area (Å²) in [5, 5.41) is 7.27. The SMILES string of the molecule is COc1nc(-c2cccc(-c3cccc(Nc4nccc5c4c(=O)n(C)c(=O)n5C)c3Cl)c2Cl)cc2c1C(N1CC3(CNC(=O)CO3)C1)CC2. The first-order chi connectivity index (χ1) is 24.1. The summed E-state index contributed by atoms with van der Waals surface area (Å²) < 4.78 is 14.2. The summed E-state index contributed by atoms with van der Waals surface area (Å²) in [5.74, 6) is 0.766. The molecule has 256 valence electrons. The Morgan fingerprint density at radius 3 is 2.48 bits per heavy atom. The van der Waals surface area contributed by atoms with E-state index in [1.807, 2.05) is 30.3 Å². The molecule has 0 radical (unpaired) electrons. The number of anilines is 2. The number of likely N-dealkylation sites (tertiary alicyclic amines) is 1. The number of carbonyl (C=O) groups is 1. The maximum atomic E-state index is 13.1. The van der Waals surface area contributed by atoms with Crippen molar-refractivity contribution in [2.45, 2.75) is 24.5 Å². The highest BCUT2D eigenvalue weighted by molar-refractivity contribution is 6.39. The highest BCUT2D eigenvalue weighted by atomic mass is 35.5. The average molecular weight is 715 g/mol. The van der Waals surface area contributed by atoms with Crippen molar-refractivity contribution in [2.24, 2.45) is 14.1 Å². The highest BCUT2D eigenvalue weighted by Gasteiger charge is 2.50. The van der Waals surface area contributed by atoms with E-state index >= 15 is 0 Å². The third-order valence-electron chi connectivity index (χ3n) is 10.1. The Hall–Kier alpha value is -4.75. The molecule has 2 saturated heterocycles. The van der Waals surface area contributed by atoms with Crippen LogP contribution >= 0.6 is 23.2 Å². The van der Waals surface area contributed by atoms with Gasteiger partial charge in [0.05, 0.1) is 34.1 Å². The lowest BCUT2D eigenvalue weighted by Gasteiger charge is -2.53. The van der Waals surface area contributed by atoms with Crippen molar-refractivity contribution in [3.05, 3.63) is 96.7 Å². The van der Waals surface area contributed by atoms with Crippen LogP contribution in [0.4, 0.5) is 11.5 Å². The summed E-state index contributed by atoms with van der Waals surface area (Å²) in [6, 6.07) is 15.1. The van der Waals surface area contributed by atoms with Crippen LogP contribution in [0.2, 0.25) is 10.0 Å². The number of nitrogens with zero attached hydrogens (tertiary/aromatic N) is 5. The van der Waals surface area contributed by atoms with Crippen LogP contribution < -0.4 is 26.6 Å². The molecule has 2 aromatic carbocycles. The number of nitrogens with one attached hydrogen (secondary N) is 2. The molecule has 3 aromatic heterocycles. The van der Waals surface area contributed by atoms with Gasteiger partial charge in [-0.15, -0.1) is 0 Å². The van der Waals surface area contributed by atoms with E-state index < -0.39 is 11.2 Å². The largest absolute Gasteiger partial charge is 0.481 e. The molecule has 8 rings (SSSR count). The van der Waals surface area contributed by atoms with Crippen molar-refractivity contribution in [3.63, 3.8) is 0 Å². The summed E-state index contributed by atoms with van der Waals surface area (Å²) in [7, 11) is 4.68. The first kappa shape index (κ1) is 32.5. The van der Waals surface area contributed by atoms with Gasteiger partial charge in [0.25, 0.3) is 5.56 Å². The van der Waals surface area contributed by atoms with E-state index in [1.54, 1.807) is 26.3 Å². The molecule has 1 amide bonds. The number of aryl methyl sites for hydroxylation is 2. The number of rotatable bonds is 6. The second-order valence-electron chi connectivity index (χ2n) is 13.0. The van der Waals surface area contributed by atoms with Crippen LogP contribution in [0.25, 0.3) is 33.3 Å². The van der Waals surface area contributed by atoms with Crippen molar-refractivity contribution in [1.29, 1.82) is 0 Å². The van der Waals surface area contributed by atoms with Crippen LogP contribution in [0.5, 0.6) is 5.88 Å². The lowest BCUT2D eigenvalue weighted by molar-refractivity contribution is -0.179. The molecule has 3 aliphatic rings. The second-order valence-corrected chi connectivity index (χ2v) is 13.8. The summed E-state index contributed by atoms with van der Waals surface area (Å²) in [5.41, 5.74) is 4.77. The Balaban J connectivity index is 1.11. The molecular formula is C36H33Cl2N7O5. The molecule has 12 nitrogen and oxygen atoms in total. The summed E-state index contributed by atoms with van der Waals surface area (Å²) in [4.78, 5) is 49.0. The van der Waals surface area contributed by atoms with Crippen molar-refractivity contribution in [3.8, 4) is 28.3 Å². The number of carbonyl (C=O) groups excluding carboxylic acids is 1. The molecule has 1 unspecified atom stereocenters. The zero-order valence-corrected chi connectivity index (χ0v) is 29.1. The smallest absolute Gasteiger partial charge is 0.330 e. The standard InChI is InChI=1S/C36H33Cl2N7O5/c1-43-25-12-13-39-32(29(25)34(47)44(2)35(43)48)41-23-9-5-7-21(31(23)38)20-6-4-8-22(30(20)37)24-14-19-10-11-26(28(19)33(42-24)49-3)45-17-36(18-45)16-40-27(46)15-50-36/h4-9,12-14,26H,10-11,15-18H2,1-3H3,(H,39,41)(H,40,46). The first-order valence-electron chi connectivity index (χ1n) is 16.2. The molecule has 0 saturated carbocycles. The molecule has 2 fully saturated rings. The fourth-order valence-corrected chi connectivity index (χ4v) is 8.06. The number of amides is 1. The van der Waals surface area contributed by atoms with Crippen LogP contribution in [0.3, 0.4) is 0 Å². The maximum absolute atomic E-state index is 13.1. The number of hydrogen-bond acceptors (Lipinski definition) is 9. The van der Waals surface area contributed by atoms with Gasteiger partial charge in [0.1, 0.15) is 23.4 Å². The Kier molecular flexibility index (Phi) is 7.94. The fourth-order valence-electron chi connectivity index (χ4n) is 7.46. The number of methoxy groups -OCH3 is 1. The van der Waals surface area contributed by atoms with E-state index in [1.165, 1.54) is 17.8 Å². The lowest BCUT2D eigenvalue weighted by Crippen LogP contribution is -2.70. The van der Waals surface area contributed by atoms with Crippen LogP contribution in [0, 0.1) is 0 Å². The Morgan fingerprint density at radius 2 is 1.74 bits per heavy atom. The molecule has 50 heavy (non-hydrogen) atoms. The van der Waals surface area contributed by atoms with Crippen LogP contribution in [0.1, 0.15) is 23.6 Å². The minimum Gasteiger partial charge on any atom is -0.481 e. The Labute approximate surface area is 296 Å². The van der Waals surface area contributed by atoms with E-state index in [0.29, 0.717) is 50.5 Å². The first-order valence-corrected chi connectivity index (χ1v) is 17.0. The number of fused-ring (bicyclic) bond motifs is 2. The zero-order chi connectivity index (χ0) is 34.9. The highest BCUT2D eigenvalue weighted by Crippen LogP contribution is 2.47. The van der Waals surface area contributed by atoms with Gasteiger partial charge in [-0.1, -0.05) is 53.5 Å². The molecule has 5 heterocycles. The van der Waals surface area contributed by atoms with E-state index in [-0.39, 0.29) is 35.4 Å². The number of aromatic nitrogens is 4. The lowest BCUT2D eigenvalue weighted by atomic mass is 9.89. The van der Waals surface area contributed by atoms with Crippen LogP contribution in [-0.4, -0.2) is 68.9 Å². The number of halogens is 2. The topological polar surface area (TPSA) is 133 Å². The number of morpholine rings is 1. The van der Waals surface area contributed by atoms with Gasteiger partial charge in [0, 0.05) is 68.2 Å². The molecular weight excluding hydrogens is 681 g/mol. The predicted octanol–water partition coefficient (Wildman–Crippen LogP) is 4.61. The number of hydrogen-bond donors (Lipinski definition) is 2. The molecule has 14 heteroatoms. The third-order valence-corrected chi connectivity index (χ3v) is 10.9. The van der Waals surface area contributed by atoms with Gasteiger partial charge in [-0.2, -0.15) is 0 Å². The van der Waals surface area contributed by atoms with Crippen LogP contribution in [-0.2, 0) is 30.0 Å². The van der Waals surface area contributed by atoms with Gasteiger partial charge >= 0.3 is 5.69 Å². The van der Waals surface area contributed by atoms with E-state index in [4.69, 9.17) is 37.7 Å². The van der Waals surface area contributed by atoms with Gasteiger partial charge in [-0.25, -0.2) is 14.8 Å². The zero-order valence-electron chi connectivity index (χ0n) is 27.5. The van der Waals surface area contributed by atoms with Crippen molar-refractivity contribution >= 4 is 51.5 Å². The second kappa shape index (κ2) is 12.2. The van der Waals surface area contributed by atoms with Crippen molar-refractivity contribution in [2.75, 3.05) is 38.7 Å². The van der Waals surface area contributed by atoms with Gasteiger partial charge in [-0.3, -0.25) is 23.6 Å². The fraction of sp³-hybridized carbons (Fsp3) is 0.306. The monoisotopic (exact) mass is 713 g/mol. The minimum atomic E-state index is -0.465. The van der Waals surface area contributed by atoms with Crippen LogP contribution in [0.15, 0.2) is 64.3 Å².